The maximum Gasteiger partial charge on any atom is 0.277 e. The molecule has 0 saturated heterocycles. The van der Waals surface area contributed by atoms with Crippen LogP contribution in [0.1, 0.15) is 11.1 Å². The van der Waals surface area contributed by atoms with Crippen LogP contribution < -0.4 is 4.74 Å². The fourth-order valence-corrected chi connectivity index (χ4v) is 3.76. The number of thioether (sulfide) groups is 1. The molecular formula is C23H23N5O3S. The minimum absolute atomic E-state index is 0.0324. The van der Waals surface area contributed by atoms with Crippen molar-refractivity contribution in [3.63, 3.8) is 0 Å². The van der Waals surface area contributed by atoms with Crippen molar-refractivity contribution in [1.29, 1.82) is 0 Å². The molecule has 9 heteroatoms. The molecule has 2 aromatic heterocycles. The van der Waals surface area contributed by atoms with Crippen molar-refractivity contribution in [2.45, 2.75) is 18.3 Å². The molecular weight excluding hydrogens is 426 g/mol. The lowest BCUT2D eigenvalue weighted by Gasteiger charge is -2.15. The molecule has 0 bridgehead atoms. The normalized spacial score (nSPS) is 10.8. The van der Waals surface area contributed by atoms with Crippen LogP contribution in [0, 0.1) is 0 Å². The predicted octanol–water partition coefficient (Wildman–Crippen LogP) is 3.74. The minimum atomic E-state index is -0.0324. The molecule has 32 heavy (non-hydrogen) atoms. The summed E-state index contributed by atoms with van der Waals surface area (Å²) in [6, 6.07) is 17.5. The molecule has 8 nitrogen and oxygen atoms in total. The highest BCUT2D eigenvalue weighted by Crippen LogP contribution is 2.25. The van der Waals surface area contributed by atoms with E-state index in [9.17, 15) is 4.79 Å². The molecule has 2 heterocycles. The molecule has 0 unspecified atom stereocenters. The topological polar surface area (TPSA) is 86.3 Å². The van der Waals surface area contributed by atoms with Gasteiger partial charge in [-0.1, -0.05) is 42.1 Å². The summed E-state index contributed by atoms with van der Waals surface area (Å²) in [5, 5.41) is 12.8. The molecule has 1 amide bonds. The number of hydrogen-bond donors (Lipinski definition) is 0. The Hall–Kier alpha value is -3.59. The summed E-state index contributed by atoms with van der Waals surface area (Å²) in [7, 11) is 3.38. The third-order valence-electron chi connectivity index (χ3n) is 4.78. The standard InChI is InChI=1S/C23H23N5O3S/c1-27(13-18-12-24-28(15-18)14-17-6-4-3-5-7-17)21(29)16-32-23-26-25-22(31-23)19-8-10-20(30-2)11-9-19/h3-12,15H,13-14,16H2,1-2H3. The first-order valence-electron chi connectivity index (χ1n) is 10.0. The number of benzene rings is 2. The Labute approximate surface area is 190 Å². The number of hydrogen-bond acceptors (Lipinski definition) is 7. The minimum Gasteiger partial charge on any atom is -0.497 e. The van der Waals surface area contributed by atoms with Crippen molar-refractivity contribution in [3.05, 3.63) is 78.1 Å². The summed E-state index contributed by atoms with van der Waals surface area (Å²) in [5.41, 5.74) is 2.94. The maximum absolute atomic E-state index is 12.5. The van der Waals surface area contributed by atoms with Gasteiger partial charge in [0, 0.05) is 30.9 Å². The Kier molecular flexibility index (Phi) is 6.86. The molecule has 164 valence electrons. The molecule has 0 aliphatic carbocycles. The van der Waals surface area contributed by atoms with Crippen molar-refractivity contribution < 1.29 is 13.9 Å². The van der Waals surface area contributed by atoms with Gasteiger partial charge in [-0.3, -0.25) is 9.48 Å². The quantitative estimate of drug-likeness (QED) is 0.360. The van der Waals surface area contributed by atoms with Gasteiger partial charge >= 0.3 is 0 Å². The van der Waals surface area contributed by atoms with Crippen LogP contribution in [0.25, 0.3) is 11.5 Å². The van der Waals surface area contributed by atoms with E-state index in [1.165, 1.54) is 17.3 Å². The lowest BCUT2D eigenvalue weighted by atomic mass is 10.2. The van der Waals surface area contributed by atoms with Crippen LogP contribution in [-0.2, 0) is 17.9 Å². The number of ether oxygens (including phenoxy) is 1. The van der Waals surface area contributed by atoms with Crippen LogP contribution in [0.2, 0.25) is 0 Å². The first-order chi connectivity index (χ1) is 15.6. The number of methoxy groups -OCH3 is 1. The van der Waals surface area contributed by atoms with Gasteiger partial charge in [0.2, 0.25) is 11.8 Å². The number of aromatic nitrogens is 4. The molecule has 0 atom stereocenters. The first kappa shape index (κ1) is 21.6. The van der Waals surface area contributed by atoms with Crippen LogP contribution in [0.4, 0.5) is 0 Å². The number of carbonyl (C=O) groups is 1. The van der Waals surface area contributed by atoms with Gasteiger partial charge in [-0.15, -0.1) is 10.2 Å². The number of nitrogens with zero attached hydrogens (tertiary/aromatic N) is 5. The zero-order chi connectivity index (χ0) is 22.3. The molecule has 0 fully saturated rings. The van der Waals surface area contributed by atoms with E-state index >= 15 is 0 Å². The van der Waals surface area contributed by atoms with Crippen molar-refractivity contribution in [1.82, 2.24) is 24.9 Å². The molecule has 4 aromatic rings. The summed E-state index contributed by atoms with van der Waals surface area (Å²) in [6.07, 6.45) is 3.75. The molecule has 4 rings (SSSR count). The van der Waals surface area contributed by atoms with Gasteiger partial charge in [0.15, 0.2) is 0 Å². The Morgan fingerprint density at radius 1 is 1.09 bits per heavy atom. The van der Waals surface area contributed by atoms with Crippen molar-refractivity contribution >= 4 is 17.7 Å². The monoisotopic (exact) mass is 449 g/mol. The van der Waals surface area contributed by atoms with Crippen LogP contribution >= 0.6 is 11.8 Å². The lowest BCUT2D eigenvalue weighted by molar-refractivity contribution is -0.127. The van der Waals surface area contributed by atoms with Crippen LogP contribution in [-0.4, -0.2) is 50.7 Å². The van der Waals surface area contributed by atoms with E-state index in [4.69, 9.17) is 9.15 Å². The summed E-state index contributed by atoms with van der Waals surface area (Å²) >= 11 is 1.22. The van der Waals surface area contributed by atoms with Gasteiger partial charge in [-0.2, -0.15) is 5.10 Å². The van der Waals surface area contributed by atoms with E-state index < -0.39 is 0 Å². The van der Waals surface area contributed by atoms with Gasteiger partial charge in [0.25, 0.3) is 5.22 Å². The summed E-state index contributed by atoms with van der Waals surface area (Å²) in [6.45, 7) is 1.18. The van der Waals surface area contributed by atoms with Gasteiger partial charge < -0.3 is 14.1 Å². The highest BCUT2D eigenvalue weighted by molar-refractivity contribution is 7.99. The van der Waals surface area contributed by atoms with E-state index in [0.717, 1.165) is 16.9 Å². The van der Waals surface area contributed by atoms with E-state index in [2.05, 4.69) is 27.4 Å². The van der Waals surface area contributed by atoms with Gasteiger partial charge in [0.1, 0.15) is 5.75 Å². The molecule has 0 N–H and O–H groups in total. The van der Waals surface area contributed by atoms with Gasteiger partial charge in [-0.25, -0.2) is 0 Å². The zero-order valence-corrected chi connectivity index (χ0v) is 18.7. The molecule has 0 aliphatic heterocycles. The van der Waals surface area contributed by atoms with Gasteiger partial charge in [-0.05, 0) is 29.8 Å². The number of carbonyl (C=O) groups excluding carboxylic acids is 1. The zero-order valence-electron chi connectivity index (χ0n) is 17.8. The number of amides is 1. The molecule has 2 aromatic carbocycles. The Morgan fingerprint density at radius 3 is 2.62 bits per heavy atom. The van der Waals surface area contributed by atoms with Crippen LogP contribution in [0.15, 0.2) is 76.6 Å². The van der Waals surface area contributed by atoms with E-state index in [0.29, 0.717) is 24.2 Å². The summed E-state index contributed by atoms with van der Waals surface area (Å²) in [4.78, 5) is 14.2. The van der Waals surface area contributed by atoms with Crippen LogP contribution in [0.3, 0.4) is 0 Å². The average molecular weight is 450 g/mol. The summed E-state index contributed by atoms with van der Waals surface area (Å²) in [5.74, 6) is 1.33. The average Bonchev–Trinajstić information content (AvgIpc) is 3.48. The molecule has 0 aliphatic rings. The van der Waals surface area contributed by atoms with Gasteiger partial charge in [0.05, 0.1) is 25.6 Å². The highest BCUT2D eigenvalue weighted by atomic mass is 32.2. The van der Waals surface area contributed by atoms with Crippen LogP contribution in [0.5, 0.6) is 5.75 Å². The van der Waals surface area contributed by atoms with Crippen molar-refractivity contribution in [2.75, 3.05) is 19.9 Å². The SMILES string of the molecule is COc1ccc(-c2nnc(SCC(=O)N(C)Cc3cnn(Cc4ccccc4)c3)o2)cc1. The second-order valence-electron chi connectivity index (χ2n) is 7.17. The molecule has 0 radical (unpaired) electrons. The second kappa shape index (κ2) is 10.1. The lowest BCUT2D eigenvalue weighted by Crippen LogP contribution is -2.27. The third kappa shape index (κ3) is 5.55. The fourth-order valence-electron chi connectivity index (χ4n) is 3.06. The summed E-state index contributed by atoms with van der Waals surface area (Å²) < 4.78 is 12.7. The third-order valence-corrected chi connectivity index (χ3v) is 5.59. The fraction of sp³-hybridized carbons (Fsp3) is 0.217. The Morgan fingerprint density at radius 2 is 1.88 bits per heavy atom. The largest absolute Gasteiger partial charge is 0.497 e. The Bertz CT molecular complexity index is 1160. The van der Waals surface area contributed by atoms with E-state index in [1.807, 2.05) is 53.3 Å². The van der Waals surface area contributed by atoms with Crippen molar-refractivity contribution in [3.8, 4) is 17.2 Å². The smallest absolute Gasteiger partial charge is 0.277 e. The first-order valence-corrected chi connectivity index (χ1v) is 11.0. The van der Waals surface area contributed by atoms with E-state index in [-0.39, 0.29) is 11.7 Å². The number of rotatable bonds is 9. The predicted molar refractivity (Wildman–Crippen MR) is 121 cm³/mol. The Balaban J connectivity index is 1.27. The van der Waals surface area contributed by atoms with E-state index in [1.54, 1.807) is 25.3 Å². The highest BCUT2D eigenvalue weighted by Gasteiger charge is 2.15. The second-order valence-corrected chi connectivity index (χ2v) is 8.10. The molecule has 0 saturated carbocycles. The van der Waals surface area contributed by atoms with Crippen molar-refractivity contribution in [2.24, 2.45) is 0 Å². The molecule has 0 spiro atoms. The maximum atomic E-state index is 12.5.